The minimum atomic E-state index is -0.253. The van der Waals surface area contributed by atoms with Crippen LogP contribution in [0.1, 0.15) is 25.3 Å². The van der Waals surface area contributed by atoms with Crippen molar-refractivity contribution < 1.29 is 9.53 Å². The maximum absolute atomic E-state index is 11.5. The Bertz CT molecular complexity index is 377. The van der Waals surface area contributed by atoms with Gasteiger partial charge in [-0.05, 0) is 18.4 Å². The van der Waals surface area contributed by atoms with E-state index in [1.165, 1.54) is 12.7 Å². The Kier molecular flexibility index (Phi) is 13.8. The van der Waals surface area contributed by atoms with Gasteiger partial charge in [-0.15, -0.1) is 24.8 Å². The Morgan fingerprint density at radius 3 is 2.43 bits per heavy atom. The van der Waals surface area contributed by atoms with E-state index in [-0.39, 0.29) is 42.9 Å². The first-order valence-corrected chi connectivity index (χ1v) is 6.78. The summed E-state index contributed by atoms with van der Waals surface area (Å²) in [5, 5.41) is 3.19. The number of carbonyl (C=O) groups is 1. The summed E-state index contributed by atoms with van der Waals surface area (Å²) in [4.78, 5) is 11.5. The topological polar surface area (TPSA) is 64.3 Å². The maximum atomic E-state index is 11.5. The van der Waals surface area contributed by atoms with Crippen LogP contribution in [0.15, 0.2) is 30.3 Å². The highest BCUT2D eigenvalue weighted by molar-refractivity contribution is 5.85. The normalized spacial score (nSPS) is 12.5. The van der Waals surface area contributed by atoms with Gasteiger partial charge in [0, 0.05) is 12.6 Å². The molecule has 0 aliphatic rings. The molecule has 0 aromatic heterocycles. The highest BCUT2D eigenvalue weighted by Crippen LogP contribution is 2.03. The van der Waals surface area contributed by atoms with Gasteiger partial charge in [-0.2, -0.15) is 0 Å². The number of ether oxygens (including phenoxy) is 1. The Morgan fingerprint density at radius 1 is 1.29 bits per heavy atom. The number of rotatable bonds is 8. The predicted molar refractivity (Wildman–Crippen MR) is 91.3 cm³/mol. The van der Waals surface area contributed by atoms with Crippen molar-refractivity contribution in [1.29, 1.82) is 0 Å². The number of nitrogens with two attached hydrogens (primary N) is 1. The molecule has 0 spiro atoms. The van der Waals surface area contributed by atoms with Crippen molar-refractivity contribution in [3.8, 4) is 0 Å². The molecule has 0 aliphatic heterocycles. The van der Waals surface area contributed by atoms with Crippen LogP contribution >= 0.6 is 24.8 Å². The van der Waals surface area contributed by atoms with Gasteiger partial charge in [0.05, 0.1) is 7.11 Å². The molecule has 1 aromatic rings. The van der Waals surface area contributed by atoms with Gasteiger partial charge < -0.3 is 15.8 Å². The van der Waals surface area contributed by atoms with Gasteiger partial charge in [0.25, 0.3) is 0 Å². The van der Waals surface area contributed by atoms with Crippen LogP contribution in [0.2, 0.25) is 0 Å². The van der Waals surface area contributed by atoms with Crippen LogP contribution in [0.3, 0.4) is 0 Å². The fourth-order valence-electron chi connectivity index (χ4n) is 2.02. The van der Waals surface area contributed by atoms with E-state index in [0.29, 0.717) is 6.54 Å². The molecule has 4 nitrogen and oxygen atoms in total. The van der Waals surface area contributed by atoms with E-state index in [1.54, 1.807) is 0 Å². The molecule has 0 amide bonds. The summed E-state index contributed by atoms with van der Waals surface area (Å²) in [5.74, 6) is -0.214. The van der Waals surface area contributed by atoms with Crippen LogP contribution in [0.4, 0.5) is 0 Å². The zero-order chi connectivity index (χ0) is 14.1. The van der Waals surface area contributed by atoms with Gasteiger partial charge in [-0.1, -0.05) is 43.7 Å². The molecule has 0 saturated heterocycles. The third kappa shape index (κ3) is 8.94. The number of hydrogen-bond acceptors (Lipinski definition) is 4. The summed E-state index contributed by atoms with van der Waals surface area (Å²) in [7, 11) is 1.41. The van der Waals surface area contributed by atoms with Crippen molar-refractivity contribution in [3.63, 3.8) is 0 Å². The number of nitrogens with one attached hydrogen (secondary N) is 1. The van der Waals surface area contributed by atoms with E-state index < -0.39 is 0 Å². The second-order valence-electron chi connectivity index (χ2n) is 4.72. The molecule has 3 N–H and O–H groups in total. The van der Waals surface area contributed by atoms with E-state index >= 15 is 0 Å². The van der Waals surface area contributed by atoms with Gasteiger partial charge >= 0.3 is 5.97 Å². The first-order valence-electron chi connectivity index (χ1n) is 6.78. The van der Waals surface area contributed by atoms with E-state index in [0.717, 1.165) is 19.3 Å². The summed E-state index contributed by atoms with van der Waals surface area (Å²) in [6, 6.07) is 9.85. The van der Waals surface area contributed by atoms with Crippen molar-refractivity contribution in [3.05, 3.63) is 35.9 Å². The van der Waals surface area contributed by atoms with Gasteiger partial charge in [-0.3, -0.25) is 4.79 Å². The van der Waals surface area contributed by atoms with Crippen molar-refractivity contribution in [2.75, 3.05) is 13.7 Å². The first kappa shape index (κ1) is 22.5. The van der Waals surface area contributed by atoms with E-state index in [9.17, 15) is 4.79 Å². The highest BCUT2D eigenvalue weighted by Gasteiger charge is 2.18. The zero-order valence-electron chi connectivity index (χ0n) is 12.6. The number of benzene rings is 1. The summed E-state index contributed by atoms with van der Waals surface area (Å²) < 4.78 is 4.77. The van der Waals surface area contributed by atoms with Crippen LogP contribution in [0, 0.1) is 0 Å². The largest absolute Gasteiger partial charge is 0.468 e. The minimum Gasteiger partial charge on any atom is -0.468 e. The van der Waals surface area contributed by atoms with E-state index in [2.05, 4.69) is 17.4 Å². The third-order valence-corrected chi connectivity index (χ3v) is 3.03. The summed E-state index contributed by atoms with van der Waals surface area (Å²) in [5.41, 5.74) is 7.29. The number of carbonyl (C=O) groups excluding carboxylic acids is 1. The van der Waals surface area contributed by atoms with E-state index in [1.807, 2.05) is 25.1 Å². The molecule has 21 heavy (non-hydrogen) atoms. The van der Waals surface area contributed by atoms with Gasteiger partial charge in [-0.25, -0.2) is 0 Å². The Labute approximate surface area is 139 Å². The fourth-order valence-corrected chi connectivity index (χ4v) is 2.02. The molecule has 1 aromatic carbocycles. The van der Waals surface area contributed by atoms with Crippen LogP contribution in [0.5, 0.6) is 0 Å². The van der Waals surface area contributed by atoms with Crippen LogP contribution in [0.25, 0.3) is 0 Å². The molecular weight excluding hydrogens is 311 g/mol. The lowest BCUT2D eigenvalue weighted by atomic mass is 10.1. The van der Waals surface area contributed by atoms with Crippen molar-refractivity contribution in [2.24, 2.45) is 5.73 Å². The number of esters is 1. The van der Waals surface area contributed by atoms with Crippen molar-refractivity contribution in [1.82, 2.24) is 5.32 Å². The molecular formula is C15H26Cl2N2O2. The predicted octanol–water partition coefficient (Wildman–Crippen LogP) is 2.33. The van der Waals surface area contributed by atoms with Crippen LogP contribution in [-0.2, 0) is 16.0 Å². The fraction of sp³-hybridized carbons (Fsp3) is 0.533. The Hall–Kier alpha value is -0.810. The molecule has 0 radical (unpaired) electrons. The molecule has 122 valence electrons. The molecule has 1 rings (SSSR count). The van der Waals surface area contributed by atoms with Crippen molar-refractivity contribution in [2.45, 2.75) is 38.3 Å². The molecule has 0 saturated carbocycles. The average molecular weight is 337 g/mol. The van der Waals surface area contributed by atoms with Crippen molar-refractivity contribution >= 4 is 30.8 Å². The molecule has 0 aliphatic carbocycles. The molecule has 2 atom stereocenters. The SMILES string of the molecule is CCC[C@H](NC[C@@H](N)Cc1ccccc1)C(=O)OC.Cl.Cl. The lowest BCUT2D eigenvalue weighted by Crippen LogP contribution is -2.44. The molecule has 0 heterocycles. The Balaban J connectivity index is 0. The molecule has 0 unspecified atom stereocenters. The Morgan fingerprint density at radius 2 is 1.90 bits per heavy atom. The number of methoxy groups -OCH3 is 1. The van der Waals surface area contributed by atoms with Gasteiger partial charge in [0.15, 0.2) is 0 Å². The first-order chi connectivity index (χ1) is 9.17. The van der Waals surface area contributed by atoms with Gasteiger partial charge in [0.2, 0.25) is 0 Å². The smallest absolute Gasteiger partial charge is 0.322 e. The molecule has 0 bridgehead atoms. The average Bonchev–Trinajstić information content (AvgIpc) is 2.43. The minimum absolute atomic E-state index is 0. The van der Waals surface area contributed by atoms with Crippen LogP contribution < -0.4 is 11.1 Å². The summed E-state index contributed by atoms with van der Waals surface area (Å²) in [6.45, 7) is 2.65. The summed E-state index contributed by atoms with van der Waals surface area (Å²) >= 11 is 0. The number of hydrogen-bond donors (Lipinski definition) is 2. The zero-order valence-corrected chi connectivity index (χ0v) is 14.2. The quantitative estimate of drug-likeness (QED) is 0.715. The lowest BCUT2D eigenvalue weighted by molar-refractivity contribution is -0.143. The highest BCUT2D eigenvalue weighted by atomic mass is 35.5. The second kappa shape index (κ2) is 12.9. The van der Waals surface area contributed by atoms with Gasteiger partial charge in [0.1, 0.15) is 6.04 Å². The second-order valence-corrected chi connectivity index (χ2v) is 4.72. The third-order valence-electron chi connectivity index (χ3n) is 3.03. The molecule has 6 heteroatoms. The number of halogens is 2. The maximum Gasteiger partial charge on any atom is 0.322 e. The molecule has 0 fully saturated rings. The summed E-state index contributed by atoms with van der Waals surface area (Å²) in [6.07, 6.45) is 2.50. The standard InChI is InChI=1S/C15H24N2O2.2ClH/c1-3-7-14(15(18)19-2)17-11-13(16)10-12-8-5-4-6-9-12;;/h4-6,8-9,13-14,17H,3,7,10-11,16H2,1-2H3;2*1H/t13-,14-;;/m0../s1. The lowest BCUT2D eigenvalue weighted by Gasteiger charge is -2.19. The van der Waals surface area contributed by atoms with Crippen LogP contribution in [-0.4, -0.2) is 31.7 Å². The van der Waals surface area contributed by atoms with E-state index in [4.69, 9.17) is 10.5 Å². The monoisotopic (exact) mass is 336 g/mol.